The molecule has 4 nitrogen and oxygen atoms in total. The van der Waals surface area contributed by atoms with E-state index in [1.165, 1.54) is 5.56 Å². The molecule has 21 heavy (non-hydrogen) atoms. The van der Waals surface area contributed by atoms with Gasteiger partial charge in [-0.3, -0.25) is 0 Å². The summed E-state index contributed by atoms with van der Waals surface area (Å²) in [4.78, 5) is 9.36. The van der Waals surface area contributed by atoms with E-state index in [1.807, 2.05) is 13.0 Å². The molecule has 2 N–H and O–H groups in total. The highest BCUT2D eigenvalue weighted by Gasteiger charge is 2.39. The normalized spacial score (nSPS) is 17.6. The number of benzene rings is 1. The van der Waals surface area contributed by atoms with Gasteiger partial charge >= 0.3 is 0 Å². The summed E-state index contributed by atoms with van der Waals surface area (Å²) in [6.07, 6.45) is 1.77. The van der Waals surface area contributed by atoms with Crippen LogP contribution in [0.2, 0.25) is 0 Å². The second kappa shape index (κ2) is 5.88. The van der Waals surface area contributed by atoms with E-state index in [4.69, 9.17) is 15.5 Å². The van der Waals surface area contributed by atoms with Crippen LogP contribution in [0, 0.1) is 10.5 Å². The third kappa shape index (κ3) is 2.64. The molecule has 1 aliphatic heterocycles. The van der Waals surface area contributed by atoms with Gasteiger partial charge in [0.2, 0.25) is 0 Å². The van der Waals surface area contributed by atoms with Crippen molar-refractivity contribution >= 4 is 28.4 Å². The zero-order chi connectivity index (χ0) is 14.9. The Morgan fingerprint density at radius 1 is 1.14 bits per heavy atom. The van der Waals surface area contributed by atoms with Crippen molar-refractivity contribution in [3.8, 4) is 0 Å². The van der Waals surface area contributed by atoms with E-state index >= 15 is 0 Å². The van der Waals surface area contributed by atoms with E-state index < -0.39 is 0 Å². The largest absolute Gasteiger partial charge is 0.383 e. The Kier molecular flexibility index (Phi) is 4.12. The Morgan fingerprint density at radius 2 is 1.81 bits per heavy atom. The zero-order valence-electron chi connectivity index (χ0n) is 12.0. The number of aromatic nitrogens is 2. The summed E-state index contributed by atoms with van der Waals surface area (Å²) in [6, 6.07) is 10.5. The monoisotopic (exact) mass is 395 g/mol. The van der Waals surface area contributed by atoms with Crippen molar-refractivity contribution in [2.75, 3.05) is 18.9 Å². The molecule has 2 heterocycles. The summed E-state index contributed by atoms with van der Waals surface area (Å²) in [6.45, 7) is 3.44. The molecular formula is C16H18IN3O. The van der Waals surface area contributed by atoms with Crippen LogP contribution >= 0.6 is 22.6 Å². The molecule has 110 valence electrons. The van der Waals surface area contributed by atoms with Gasteiger partial charge in [-0.15, -0.1) is 0 Å². The molecule has 5 heteroatoms. The van der Waals surface area contributed by atoms with Gasteiger partial charge in [-0.1, -0.05) is 30.3 Å². The van der Waals surface area contributed by atoms with Gasteiger partial charge in [0, 0.05) is 13.2 Å². The second-order valence-corrected chi connectivity index (χ2v) is 6.47. The smallest absolute Gasteiger partial charge is 0.141 e. The summed E-state index contributed by atoms with van der Waals surface area (Å²) >= 11 is 2.20. The van der Waals surface area contributed by atoms with Crippen LogP contribution in [0.15, 0.2) is 30.3 Å². The molecule has 0 amide bonds. The molecule has 1 fully saturated rings. The fraction of sp³-hybridized carbons (Fsp3) is 0.375. The first-order chi connectivity index (χ1) is 10.1. The van der Waals surface area contributed by atoms with Gasteiger partial charge in [-0.05, 0) is 47.9 Å². The van der Waals surface area contributed by atoms with Crippen LogP contribution in [0.5, 0.6) is 0 Å². The minimum atomic E-state index is -0.192. The maximum Gasteiger partial charge on any atom is 0.141 e. The minimum absolute atomic E-state index is 0.192. The number of nitrogen functional groups attached to an aromatic ring is 1. The highest BCUT2D eigenvalue weighted by atomic mass is 127. The summed E-state index contributed by atoms with van der Waals surface area (Å²) in [5.74, 6) is 1.40. The quantitative estimate of drug-likeness (QED) is 0.795. The minimum Gasteiger partial charge on any atom is -0.383 e. The lowest BCUT2D eigenvalue weighted by atomic mass is 9.73. The highest BCUT2D eigenvalue weighted by molar-refractivity contribution is 14.1. The van der Waals surface area contributed by atoms with E-state index in [0.717, 1.165) is 41.1 Å². The van der Waals surface area contributed by atoms with Gasteiger partial charge in [0.1, 0.15) is 11.6 Å². The van der Waals surface area contributed by atoms with Crippen molar-refractivity contribution in [1.82, 2.24) is 9.97 Å². The number of nitrogens with zero attached hydrogens (tertiary/aromatic N) is 2. The highest BCUT2D eigenvalue weighted by Crippen LogP contribution is 2.40. The standard InChI is InChI=1S/C16H18IN3O/c1-11-13(17)14(18)20-15(19-11)16(7-9-21-10-8-16)12-5-3-2-4-6-12/h2-6H,7-10H2,1H3,(H2,18,19,20). The molecule has 1 aliphatic rings. The first-order valence-corrected chi connectivity index (χ1v) is 8.15. The number of rotatable bonds is 2. The van der Waals surface area contributed by atoms with Crippen molar-refractivity contribution < 1.29 is 4.74 Å². The predicted molar refractivity (Wildman–Crippen MR) is 91.2 cm³/mol. The van der Waals surface area contributed by atoms with Crippen LogP contribution in [0.4, 0.5) is 5.82 Å². The summed E-state index contributed by atoms with van der Waals surface area (Å²) in [7, 11) is 0. The van der Waals surface area contributed by atoms with Crippen molar-refractivity contribution in [1.29, 1.82) is 0 Å². The van der Waals surface area contributed by atoms with Gasteiger partial charge < -0.3 is 10.5 Å². The number of aryl methyl sites for hydroxylation is 1. The van der Waals surface area contributed by atoms with Crippen molar-refractivity contribution in [2.24, 2.45) is 0 Å². The fourth-order valence-electron chi connectivity index (χ4n) is 2.91. The maximum atomic E-state index is 6.08. The second-order valence-electron chi connectivity index (χ2n) is 5.39. The lowest BCUT2D eigenvalue weighted by Gasteiger charge is -2.36. The molecule has 0 saturated carbocycles. The van der Waals surface area contributed by atoms with Gasteiger partial charge in [-0.25, -0.2) is 9.97 Å². The average Bonchev–Trinajstić information content (AvgIpc) is 2.53. The van der Waals surface area contributed by atoms with Crippen molar-refractivity contribution in [3.05, 3.63) is 51.0 Å². The van der Waals surface area contributed by atoms with Crippen molar-refractivity contribution in [3.63, 3.8) is 0 Å². The van der Waals surface area contributed by atoms with Crippen molar-refractivity contribution in [2.45, 2.75) is 25.2 Å². The molecule has 1 aromatic heterocycles. The molecule has 1 aromatic carbocycles. The molecule has 0 unspecified atom stereocenters. The number of halogens is 1. The zero-order valence-corrected chi connectivity index (χ0v) is 14.1. The molecule has 1 saturated heterocycles. The Bertz CT molecular complexity index is 616. The van der Waals surface area contributed by atoms with Crippen LogP contribution < -0.4 is 5.73 Å². The number of hydrogen-bond acceptors (Lipinski definition) is 4. The topological polar surface area (TPSA) is 61.0 Å². The summed E-state index contributed by atoms with van der Waals surface area (Å²) in [5.41, 5.74) is 8.07. The molecule has 0 atom stereocenters. The van der Waals surface area contributed by atoms with E-state index in [9.17, 15) is 0 Å². The molecule has 0 radical (unpaired) electrons. The van der Waals surface area contributed by atoms with E-state index in [1.54, 1.807) is 0 Å². The predicted octanol–water partition coefficient (Wildman–Crippen LogP) is 3.07. The van der Waals surface area contributed by atoms with Gasteiger partial charge in [0.05, 0.1) is 14.7 Å². The summed E-state index contributed by atoms with van der Waals surface area (Å²) < 4.78 is 6.50. The Balaban J connectivity index is 2.17. The number of ether oxygens (including phenoxy) is 1. The molecule has 0 aliphatic carbocycles. The van der Waals surface area contributed by atoms with Crippen LogP contribution in [0.1, 0.15) is 29.9 Å². The van der Waals surface area contributed by atoms with Crippen LogP contribution in [0.3, 0.4) is 0 Å². The summed E-state index contributed by atoms with van der Waals surface area (Å²) in [5, 5.41) is 0. The SMILES string of the molecule is Cc1nc(C2(c3ccccc3)CCOCC2)nc(N)c1I. The maximum absolute atomic E-state index is 6.08. The van der Waals surface area contributed by atoms with Gasteiger partial charge in [0.15, 0.2) is 0 Å². The van der Waals surface area contributed by atoms with E-state index in [-0.39, 0.29) is 5.41 Å². The van der Waals surface area contributed by atoms with E-state index in [2.05, 4.69) is 51.8 Å². The number of hydrogen-bond donors (Lipinski definition) is 1. The Hall–Kier alpha value is -1.21. The van der Waals surface area contributed by atoms with Crippen LogP contribution in [-0.4, -0.2) is 23.2 Å². The lowest BCUT2D eigenvalue weighted by molar-refractivity contribution is 0.0604. The number of nitrogens with two attached hydrogens (primary N) is 1. The van der Waals surface area contributed by atoms with E-state index in [0.29, 0.717) is 5.82 Å². The molecule has 0 spiro atoms. The Morgan fingerprint density at radius 3 is 2.43 bits per heavy atom. The molecule has 0 bridgehead atoms. The first-order valence-electron chi connectivity index (χ1n) is 7.07. The Labute approximate surface area is 138 Å². The number of anilines is 1. The third-order valence-corrected chi connectivity index (χ3v) is 5.48. The van der Waals surface area contributed by atoms with Gasteiger partial charge in [-0.2, -0.15) is 0 Å². The molecule has 2 aromatic rings. The molecular weight excluding hydrogens is 377 g/mol. The average molecular weight is 395 g/mol. The molecule has 3 rings (SSSR count). The van der Waals surface area contributed by atoms with Crippen LogP contribution in [-0.2, 0) is 10.2 Å². The lowest BCUT2D eigenvalue weighted by Crippen LogP contribution is -2.37. The first kappa shape index (κ1) is 14.7. The van der Waals surface area contributed by atoms with Gasteiger partial charge in [0.25, 0.3) is 0 Å². The fourth-order valence-corrected chi connectivity index (χ4v) is 3.16. The van der Waals surface area contributed by atoms with Crippen LogP contribution in [0.25, 0.3) is 0 Å². The third-order valence-electron chi connectivity index (χ3n) is 4.14.